The number of carbonyl (C=O) groups is 2. The van der Waals surface area contributed by atoms with E-state index in [2.05, 4.69) is 37.5 Å². The number of rotatable bonds is 7. The maximum atomic E-state index is 13.6. The molecule has 10 heteroatoms. The van der Waals surface area contributed by atoms with E-state index in [1.807, 2.05) is 49.3 Å². The fourth-order valence-corrected chi connectivity index (χ4v) is 6.50. The third-order valence-corrected chi connectivity index (χ3v) is 8.39. The first kappa shape index (κ1) is 26.7. The molecule has 3 heterocycles. The minimum Gasteiger partial charge on any atom is -0.353 e. The molecule has 1 N–H and O–H groups in total. The lowest BCUT2D eigenvalue weighted by Crippen LogP contribution is -2.43. The summed E-state index contributed by atoms with van der Waals surface area (Å²) in [6.07, 6.45) is 0. The molecule has 1 atom stereocenters. The number of nitrogens with one attached hydrogen (secondary N) is 1. The Kier molecular flexibility index (Phi) is 8.14. The number of amides is 2. The maximum absolute atomic E-state index is 13.6. The minimum atomic E-state index is -0.295. The largest absolute Gasteiger partial charge is 0.353 e. The van der Waals surface area contributed by atoms with E-state index < -0.39 is 0 Å². The molecule has 7 nitrogen and oxygen atoms in total. The van der Waals surface area contributed by atoms with Gasteiger partial charge in [-0.3, -0.25) is 14.5 Å². The normalized spacial score (nSPS) is 16.2. The summed E-state index contributed by atoms with van der Waals surface area (Å²) in [6, 6.07) is 11.6. The molecule has 1 aliphatic rings. The molecule has 0 saturated carbocycles. The molecular formula is C26H32ClN5O2S2. The van der Waals surface area contributed by atoms with Crippen molar-refractivity contribution in [3.63, 3.8) is 0 Å². The van der Waals surface area contributed by atoms with Gasteiger partial charge in [0.1, 0.15) is 12.4 Å². The lowest BCUT2D eigenvalue weighted by atomic mass is 9.88. The Balaban J connectivity index is 1.89. The maximum Gasteiger partial charge on any atom is 0.240 e. The van der Waals surface area contributed by atoms with Crippen molar-refractivity contribution < 1.29 is 9.59 Å². The molecule has 3 aromatic rings. The van der Waals surface area contributed by atoms with Crippen LogP contribution in [0.4, 0.5) is 5.82 Å². The Morgan fingerprint density at radius 3 is 2.67 bits per heavy atom. The first-order valence-corrected chi connectivity index (χ1v) is 14.1. The molecule has 0 spiro atoms. The van der Waals surface area contributed by atoms with Gasteiger partial charge in [-0.05, 0) is 43.7 Å². The van der Waals surface area contributed by atoms with Crippen LogP contribution in [-0.4, -0.2) is 66.0 Å². The van der Waals surface area contributed by atoms with Crippen molar-refractivity contribution in [2.45, 2.75) is 31.4 Å². The Morgan fingerprint density at radius 1 is 1.25 bits per heavy atom. The van der Waals surface area contributed by atoms with Gasteiger partial charge in [-0.15, -0.1) is 23.1 Å². The van der Waals surface area contributed by atoms with E-state index >= 15 is 0 Å². The van der Waals surface area contributed by atoms with Crippen LogP contribution in [0.25, 0.3) is 5.69 Å². The number of aromatic nitrogens is 2. The molecule has 4 rings (SSSR count). The van der Waals surface area contributed by atoms with Crippen LogP contribution < -0.4 is 10.2 Å². The molecular weight excluding hydrogens is 514 g/mol. The standard InChI is InChI=1S/C26H32ClN5O2S2/c1-26(2,3)24-22-23(19-10-7-13-35-19)36-16-21(34)31(15-20(33)28-11-12-30(4)5)25(22)32(29-24)18-9-6-8-17(27)14-18/h6-10,13-14,23H,11-12,15-16H2,1-5H3,(H,28,33)/t23-/m0/s1. The number of nitrogens with zero attached hydrogens (tertiary/aromatic N) is 4. The minimum absolute atomic E-state index is 0.0760. The first-order chi connectivity index (χ1) is 17.1. The summed E-state index contributed by atoms with van der Waals surface area (Å²) >= 11 is 9.61. The molecule has 1 aromatic carbocycles. The van der Waals surface area contributed by atoms with Crippen LogP contribution in [0.15, 0.2) is 41.8 Å². The topological polar surface area (TPSA) is 70.5 Å². The van der Waals surface area contributed by atoms with Crippen molar-refractivity contribution in [3.8, 4) is 5.69 Å². The second-order valence-corrected chi connectivity index (χ2v) is 12.6. The van der Waals surface area contributed by atoms with Gasteiger partial charge in [0, 0.05) is 34.0 Å². The third-order valence-electron chi connectivity index (χ3n) is 5.84. The van der Waals surface area contributed by atoms with Crippen molar-refractivity contribution in [2.75, 3.05) is 44.4 Å². The van der Waals surface area contributed by atoms with Crippen LogP contribution in [0.2, 0.25) is 5.02 Å². The highest BCUT2D eigenvalue weighted by Crippen LogP contribution is 2.49. The highest BCUT2D eigenvalue weighted by Gasteiger charge is 2.40. The monoisotopic (exact) mass is 545 g/mol. The van der Waals surface area contributed by atoms with Crippen LogP contribution in [0.5, 0.6) is 0 Å². The van der Waals surface area contributed by atoms with Gasteiger partial charge in [-0.2, -0.15) is 5.10 Å². The van der Waals surface area contributed by atoms with Crippen molar-refractivity contribution in [1.82, 2.24) is 20.0 Å². The molecule has 0 radical (unpaired) electrons. The van der Waals surface area contributed by atoms with Gasteiger partial charge in [0.05, 0.1) is 22.4 Å². The van der Waals surface area contributed by atoms with E-state index in [0.717, 1.165) is 28.4 Å². The summed E-state index contributed by atoms with van der Waals surface area (Å²) in [7, 11) is 3.91. The summed E-state index contributed by atoms with van der Waals surface area (Å²) in [6.45, 7) is 7.52. The van der Waals surface area contributed by atoms with E-state index in [0.29, 0.717) is 17.4 Å². The number of hydrogen-bond acceptors (Lipinski definition) is 6. The van der Waals surface area contributed by atoms with Crippen LogP contribution in [0, 0.1) is 0 Å². The number of benzene rings is 1. The number of carbonyl (C=O) groups excluding carboxylic acids is 2. The molecule has 2 amide bonds. The number of halogens is 1. The van der Waals surface area contributed by atoms with Crippen molar-refractivity contribution >= 4 is 52.3 Å². The molecule has 2 aromatic heterocycles. The second kappa shape index (κ2) is 11.0. The number of anilines is 1. The zero-order valence-electron chi connectivity index (χ0n) is 21.2. The molecule has 1 aliphatic heterocycles. The first-order valence-electron chi connectivity index (χ1n) is 11.8. The molecule has 0 bridgehead atoms. The van der Waals surface area contributed by atoms with E-state index in [9.17, 15) is 9.59 Å². The lowest BCUT2D eigenvalue weighted by molar-refractivity contribution is -0.122. The molecule has 0 unspecified atom stereocenters. The summed E-state index contributed by atoms with van der Waals surface area (Å²) < 4.78 is 1.79. The zero-order chi connectivity index (χ0) is 26.0. The molecule has 36 heavy (non-hydrogen) atoms. The fraction of sp³-hybridized carbons (Fsp3) is 0.423. The van der Waals surface area contributed by atoms with Gasteiger partial charge in [0.25, 0.3) is 0 Å². The van der Waals surface area contributed by atoms with Crippen molar-refractivity contribution in [1.29, 1.82) is 0 Å². The van der Waals surface area contributed by atoms with Gasteiger partial charge in [-0.1, -0.05) is 44.5 Å². The number of hydrogen-bond donors (Lipinski definition) is 1. The van der Waals surface area contributed by atoms with Gasteiger partial charge >= 0.3 is 0 Å². The zero-order valence-corrected chi connectivity index (χ0v) is 23.6. The Morgan fingerprint density at radius 2 is 2.03 bits per heavy atom. The Bertz CT molecular complexity index is 1230. The van der Waals surface area contributed by atoms with Gasteiger partial charge in [0.2, 0.25) is 11.8 Å². The van der Waals surface area contributed by atoms with Crippen LogP contribution in [0.1, 0.15) is 42.2 Å². The number of fused-ring (bicyclic) bond motifs is 1. The number of likely N-dealkylation sites (N-methyl/N-ethyl adjacent to an activating group) is 1. The fourth-order valence-electron chi connectivity index (χ4n) is 4.14. The predicted molar refractivity (Wildman–Crippen MR) is 150 cm³/mol. The average Bonchev–Trinajstić information content (AvgIpc) is 3.43. The molecule has 0 aliphatic carbocycles. The highest BCUT2D eigenvalue weighted by molar-refractivity contribution is 8.00. The van der Waals surface area contributed by atoms with Gasteiger partial charge < -0.3 is 10.2 Å². The average molecular weight is 546 g/mol. The van der Waals surface area contributed by atoms with E-state index in [1.54, 1.807) is 32.7 Å². The van der Waals surface area contributed by atoms with Gasteiger partial charge in [-0.25, -0.2) is 4.68 Å². The van der Waals surface area contributed by atoms with Crippen LogP contribution in [0.3, 0.4) is 0 Å². The van der Waals surface area contributed by atoms with Crippen molar-refractivity contribution in [2.24, 2.45) is 0 Å². The summed E-state index contributed by atoms with van der Waals surface area (Å²) in [5.74, 6) is 0.582. The number of thioether (sulfide) groups is 1. The van der Waals surface area contributed by atoms with Crippen LogP contribution in [-0.2, 0) is 15.0 Å². The van der Waals surface area contributed by atoms with E-state index in [4.69, 9.17) is 16.7 Å². The Labute approximate surface area is 225 Å². The summed E-state index contributed by atoms with van der Waals surface area (Å²) in [5, 5.41) is 10.6. The van der Waals surface area contributed by atoms with E-state index in [-0.39, 0.29) is 34.8 Å². The molecule has 0 fully saturated rings. The highest BCUT2D eigenvalue weighted by atomic mass is 35.5. The summed E-state index contributed by atoms with van der Waals surface area (Å²) in [4.78, 5) is 31.3. The quantitative estimate of drug-likeness (QED) is 0.465. The predicted octanol–water partition coefficient (Wildman–Crippen LogP) is 4.73. The second-order valence-electron chi connectivity index (χ2n) is 10.1. The van der Waals surface area contributed by atoms with Crippen LogP contribution >= 0.6 is 34.7 Å². The third kappa shape index (κ3) is 5.80. The van der Waals surface area contributed by atoms with Gasteiger partial charge in [0.15, 0.2) is 0 Å². The van der Waals surface area contributed by atoms with Crippen molar-refractivity contribution in [3.05, 3.63) is 62.9 Å². The Hall–Kier alpha value is -2.33. The number of thiophene rings is 1. The summed E-state index contributed by atoms with van der Waals surface area (Å²) in [5.41, 5.74) is 2.33. The lowest BCUT2D eigenvalue weighted by Gasteiger charge is -2.24. The molecule has 0 saturated heterocycles. The SMILES string of the molecule is CN(C)CCNC(=O)CN1C(=O)CS[C@@H](c2cccs2)c2c(C(C)(C)C)nn(-c3cccc(Cl)c3)c21. The smallest absolute Gasteiger partial charge is 0.240 e. The molecule has 192 valence electrons. The van der Waals surface area contributed by atoms with E-state index in [1.165, 1.54) is 0 Å².